The number of nitrogens with two attached hydrogens (primary N) is 1. The molecule has 0 aromatic heterocycles. The molecule has 20 heavy (non-hydrogen) atoms. The maximum atomic E-state index is 11.7. The maximum Gasteiger partial charge on any atom is 0.237 e. The van der Waals surface area contributed by atoms with Crippen molar-refractivity contribution >= 4 is 15.7 Å². The van der Waals surface area contributed by atoms with Gasteiger partial charge in [0.15, 0.2) is 0 Å². The number of hydrogen-bond donors (Lipinski definition) is 3. The zero-order chi connectivity index (χ0) is 15.2. The minimum atomic E-state index is -3.14. The highest BCUT2D eigenvalue weighted by molar-refractivity contribution is 7.90. The lowest BCUT2D eigenvalue weighted by Gasteiger charge is -2.15. The van der Waals surface area contributed by atoms with Gasteiger partial charge in [0, 0.05) is 12.8 Å². The van der Waals surface area contributed by atoms with Gasteiger partial charge in [0.2, 0.25) is 5.91 Å². The number of benzene rings is 1. The van der Waals surface area contributed by atoms with Gasteiger partial charge in [0.25, 0.3) is 0 Å². The number of aliphatic hydroxyl groups excluding tert-OH is 1. The molecule has 0 aliphatic rings. The van der Waals surface area contributed by atoms with Gasteiger partial charge in [0.1, 0.15) is 9.84 Å². The largest absolute Gasteiger partial charge is 0.387 e. The average Bonchev–Trinajstić information content (AvgIpc) is 2.41. The monoisotopic (exact) mass is 300 g/mol. The van der Waals surface area contributed by atoms with Crippen LogP contribution in [0.3, 0.4) is 0 Å². The topological polar surface area (TPSA) is 109 Å². The predicted molar refractivity (Wildman–Crippen MR) is 76.7 cm³/mol. The summed E-state index contributed by atoms with van der Waals surface area (Å²) >= 11 is 0. The smallest absolute Gasteiger partial charge is 0.237 e. The van der Waals surface area contributed by atoms with Gasteiger partial charge in [-0.05, 0) is 12.0 Å². The predicted octanol–water partition coefficient (Wildman–Crippen LogP) is -0.402. The molecule has 0 aliphatic heterocycles. The highest BCUT2D eigenvalue weighted by Gasteiger charge is 2.17. The zero-order valence-electron chi connectivity index (χ0n) is 11.3. The summed E-state index contributed by atoms with van der Waals surface area (Å²) in [5.74, 6) is -0.605. The zero-order valence-corrected chi connectivity index (χ0v) is 12.1. The van der Waals surface area contributed by atoms with Crippen molar-refractivity contribution in [2.45, 2.75) is 18.6 Å². The molecule has 1 rings (SSSR count). The van der Waals surface area contributed by atoms with Crippen LogP contribution in [0.2, 0.25) is 0 Å². The molecule has 0 radical (unpaired) electrons. The van der Waals surface area contributed by atoms with E-state index < -0.39 is 27.9 Å². The lowest BCUT2D eigenvalue weighted by molar-refractivity contribution is -0.122. The van der Waals surface area contributed by atoms with Gasteiger partial charge in [-0.3, -0.25) is 4.79 Å². The fourth-order valence-electron chi connectivity index (χ4n) is 1.59. The normalized spacial score (nSPS) is 14.6. The molecule has 0 spiro atoms. The first-order valence-electron chi connectivity index (χ1n) is 6.23. The molecule has 0 heterocycles. The van der Waals surface area contributed by atoms with Crippen LogP contribution in [0, 0.1) is 0 Å². The Balaban J connectivity index is 2.39. The highest BCUT2D eigenvalue weighted by atomic mass is 32.2. The molecule has 1 amide bonds. The van der Waals surface area contributed by atoms with Crippen molar-refractivity contribution in [1.82, 2.24) is 5.32 Å². The van der Waals surface area contributed by atoms with E-state index in [-0.39, 0.29) is 18.7 Å². The first-order chi connectivity index (χ1) is 9.29. The number of nitrogens with one attached hydrogen (secondary N) is 1. The van der Waals surface area contributed by atoms with Gasteiger partial charge >= 0.3 is 0 Å². The number of hydrogen-bond acceptors (Lipinski definition) is 5. The molecule has 0 saturated heterocycles. The van der Waals surface area contributed by atoms with Gasteiger partial charge in [-0.2, -0.15) is 0 Å². The Morgan fingerprint density at radius 2 is 1.95 bits per heavy atom. The minimum absolute atomic E-state index is 0.0371. The van der Waals surface area contributed by atoms with Crippen LogP contribution in [-0.4, -0.2) is 44.0 Å². The summed E-state index contributed by atoms with van der Waals surface area (Å²) in [7, 11) is -3.14. The van der Waals surface area contributed by atoms with Crippen molar-refractivity contribution in [3.8, 4) is 0 Å². The maximum absolute atomic E-state index is 11.7. The van der Waals surface area contributed by atoms with Crippen molar-refractivity contribution in [2.24, 2.45) is 5.73 Å². The first kappa shape index (κ1) is 16.6. The molecule has 0 aliphatic carbocycles. The summed E-state index contributed by atoms with van der Waals surface area (Å²) in [5, 5.41) is 12.4. The summed E-state index contributed by atoms with van der Waals surface area (Å²) < 4.78 is 22.0. The van der Waals surface area contributed by atoms with Crippen LogP contribution < -0.4 is 11.1 Å². The van der Waals surface area contributed by atoms with E-state index in [1.807, 2.05) is 6.07 Å². The molecule has 1 aromatic rings. The van der Waals surface area contributed by atoms with Crippen LogP contribution in [0.5, 0.6) is 0 Å². The van der Waals surface area contributed by atoms with E-state index in [0.29, 0.717) is 5.56 Å². The second-order valence-corrected chi connectivity index (χ2v) is 6.96. The molecule has 1 aromatic carbocycles. The quantitative estimate of drug-likeness (QED) is 0.634. The fraction of sp³-hybridized carbons (Fsp3) is 0.462. The van der Waals surface area contributed by atoms with Crippen LogP contribution in [0.15, 0.2) is 30.3 Å². The van der Waals surface area contributed by atoms with Crippen LogP contribution in [-0.2, 0) is 14.6 Å². The molecule has 0 bridgehead atoms. The van der Waals surface area contributed by atoms with Crippen LogP contribution in [0.25, 0.3) is 0 Å². The summed E-state index contributed by atoms with van der Waals surface area (Å²) in [5.41, 5.74) is 6.28. The molecule has 4 N–H and O–H groups in total. The third-order valence-corrected chi connectivity index (χ3v) is 3.77. The third kappa shape index (κ3) is 6.14. The number of carbonyl (C=O) groups excluding carboxylic acids is 1. The number of amides is 1. The molecular weight excluding hydrogens is 280 g/mol. The standard InChI is InChI=1S/C13H20N2O4S/c1-20(18,19)8-7-11(14)13(17)15-9-12(16)10-5-3-2-4-6-10/h2-6,11-12,16H,7-9,14H2,1H3,(H,15,17). The number of carbonyl (C=O) groups is 1. The second-order valence-electron chi connectivity index (χ2n) is 4.70. The summed E-state index contributed by atoms with van der Waals surface area (Å²) in [6.45, 7) is 0.0371. The van der Waals surface area contributed by atoms with E-state index in [1.54, 1.807) is 24.3 Å². The van der Waals surface area contributed by atoms with Gasteiger partial charge in [-0.25, -0.2) is 8.42 Å². The molecule has 112 valence electrons. The molecule has 2 atom stereocenters. The summed E-state index contributed by atoms with van der Waals surface area (Å²) in [6, 6.07) is 8.01. The van der Waals surface area contributed by atoms with Crippen molar-refractivity contribution in [3.63, 3.8) is 0 Å². The Morgan fingerprint density at radius 3 is 2.50 bits per heavy atom. The van der Waals surface area contributed by atoms with Gasteiger partial charge in [0.05, 0.1) is 17.9 Å². The first-order valence-corrected chi connectivity index (χ1v) is 8.29. The Labute approximate surface area is 118 Å². The highest BCUT2D eigenvalue weighted by Crippen LogP contribution is 2.10. The van der Waals surface area contributed by atoms with E-state index in [2.05, 4.69) is 5.32 Å². The Morgan fingerprint density at radius 1 is 1.35 bits per heavy atom. The third-order valence-electron chi connectivity index (χ3n) is 2.79. The van der Waals surface area contributed by atoms with E-state index in [0.717, 1.165) is 6.26 Å². The van der Waals surface area contributed by atoms with Gasteiger partial charge in [-0.15, -0.1) is 0 Å². The van der Waals surface area contributed by atoms with Crippen molar-refractivity contribution in [1.29, 1.82) is 0 Å². The molecule has 2 unspecified atom stereocenters. The number of aliphatic hydroxyl groups is 1. The fourth-order valence-corrected chi connectivity index (χ4v) is 2.28. The molecular formula is C13H20N2O4S. The van der Waals surface area contributed by atoms with Crippen LogP contribution >= 0.6 is 0 Å². The van der Waals surface area contributed by atoms with Crippen molar-refractivity contribution in [2.75, 3.05) is 18.6 Å². The Hall–Kier alpha value is -1.44. The number of rotatable bonds is 7. The van der Waals surface area contributed by atoms with E-state index in [4.69, 9.17) is 5.73 Å². The minimum Gasteiger partial charge on any atom is -0.387 e. The summed E-state index contributed by atoms with van der Waals surface area (Å²) in [6.07, 6.45) is 0.338. The van der Waals surface area contributed by atoms with E-state index >= 15 is 0 Å². The lowest BCUT2D eigenvalue weighted by atomic mass is 10.1. The second kappa shape index (κ2) is 7.37. The molecule has 0 saturated carbocycles. The van der Waals surface area contributed by atoms with Crippen LogP contribution in [0.1, 0.15) is 18.1 Å². The van der Waals surface area contributed by atoms with Gasteiger partial charge in [-0.1, -0.05) is 30.3 Å². The van der Waals surface area contributed by atoms with E-state index in [9.17, 15) is 18.3 Å². The Kier molecular flexibility index (Phi) is 6.12. The van der Waals surface area contributed by atoms with Gasteiger partial charge < -0.3 is 16.2 Å². The van der Waals surface area contributed by atoms with E-state index in [1.165, 1.54) is 0 Å². The summed E-state index contributed by atoms with van der Waals surface area (Å²) in [4.78, 5) is 11.7. The SMILES string of the molecule is CS(=O)(=O)CCC(N)C(=O)NCC(O)c1ccccc1. The molecule has 0 fully saturated rings. The molecule has 6 nitrogen and oxygen atoms in total. The number of sulfone groups is 1. The van der Waals surface area contributed by atoms with Crippen molar-refractivity contribution < 1.29 is 18.3 Å². The molecule has 7 heteroatoms. The van der Waals surface area contributed by atoms with Crippen molar-refractivity contribution in [3.05, 3.63) is 35.9 Å². The Bertz CT molecular complexity index is 531. The lowest BCUT2D eigenvalue weighted by Crippen LogP contribution is -2.43. The average molecular weight is 300 g/mol. The van der Waals surface area contributed by atoms with Crippen LogP contribution in [0.4, 0.5) is 0 Å².